The summed E-state index contributed by atoms with van der Waals surface area (Å²) < 4.78 is 5.01. The van der Waals surface area contributed by atoms with Crippen molar-refractivity contribution >= 4 is 5.97 Å². The second-order valence-corrected chi connectivity index (χ2v) is 4.23. The number of carbonyl (C=O) groups is 1. The van der Waals surface area contributed by atoms with Crippen LogP contribution in [0.2, 0.25) is 0 Å². The van der Waals surface area contributed by atoms with Crippen LogP contribution in [0.25, 0.3) is 0 Å². The highest BCUT2D eigenvalue weighted by molar-refractivity contribution is 5.84. The first kappa shape index (κ1) is 10.9. The second kappa shape index (κ2) is 4.52. The fourth-order valence-corrected chi connectivity index (χ4v) is 2.53. The minimum absolute atomic E-state index is 0.161. The molecule has 0 aromatic heterocycles. The summed E-state index contributed by atoms with van der Waals surface area (Å²) in [4.78, 5) is 12.1. The molecule has 0 amide bonds. The molecule has 1 fully saturated rings. The van der Waals surface area contributed by atoms with Gasteiger partial charge < -0.3 is 4.74 Å². The highest BCUT2D eigenvalue weighted by Crippen LogP contribution is 2.42. The summed E-state index contributed by atoms with van der Waals surface area (Å²) in [5.41, 5.74) is 0.634. The van der Waals surface area contributed by atoms with Crippen LogP contribution in [0.15, 0.2) is 43.2 Å². The molecule has 2 nitrogen and oxygen atoms in total. The summed E-state index contributed by atoms with van der Waals surface area (Å²) in [5.74, 6) is -0.161. The average molecular weight is 216 g/mol. The van der Waals surface area contributed by atoms with E-state index in [1.54, 1.807) is 0 Å². The largest absolute Gasteiger partial charge is 0.434 e. The van der Waals surface area contributed by atoms with E-state index in [1.165, 1.54) is 6.26 Å². The van der Waals surface area contributed by atoms with Gasteiger partial charge in [-0.2, -0.15) is 0 Å². The van der Waals surface area contributed by atoms with Gasteiger partial charge in [0.1, 0.15) is 0 Å². The maximum Gasteiger partial charge on any atom is 0.321 e. The first-order valence-corrected chi connectivity index (χ1v) is 5.67. The SMILES string of the molecule is C=COC(=O)C1(c2ccccc2)CCCC1. The lowest BCUT2D eigenvalue weighted by atomic mass is 9.79. The Bertz CT molecular complexity index is 375. The third-order valence-corrected chi connectivity index (χ3v) is 3.36. The number of rotatable bonds is 3. The Balaban J connectivity index is 2.36. The second-order valence-electron chi connectivity index (χ2n) is 4.23. The molecule has 1 aliphatic rings. The predicted octanol–water partition coefficient (Wildman–Crippen LogP) is 3.19. The maximum atomic E-state index is 12.1. The topological polar surface area (TPSA) is 26.3 Å². The van der Waals surface area contributed by atoms with Crippen molar-refractivity contribution in [2.45, 2.75) is 31.1 Å². The molecule has 0 unspecified atom stereocenters. The lowest BCUT2D eigenvalue weighted by Gasteiger charge is -2.26. The lowest BCUT2D eigenvalue weighted by Crippen LogP contribution is -2.33. The number of hydrogen-bond donors (Lipinski definition) is 0. The molecule has 84 valence electrons. The van der Waals surface area contributed by atoms with Crippen molar-refractivity contribution in [1.82, 2.24) is 0 Å². The molecule has 0 spiro atoms. The number of carbonyl (C=O) groups excluding carboxylic acids is 1. The van der Waals surface area contributed by atoms with Crippen molar-refractivity contribution in [1.29, 1.82) is 0 Å². The summed E-state index contributed by atoms with van der Waals surface area (Å²) >= 11 is 0. The van der Waals surface area contributed by atoms with Gasteiger partial charge in [0.05, 0.1) is 11.7 Å². The van der Waals surface area contributed by atoms with E-state index in [0.29, 0.717) is 0 Å². The number of esters is 1. The summed E-state index contributed by atoms with van der Waals surface area (Å²) in [7, 11) is 0. The molecule has 2 heteroatoms. The quantitative estimate of drug-likeness (QED) is 0.573. The van der Waals surface area contributed by atoms with Gasteiger partial charge in [-0.3, -0.25) is 4.79 Å². The van der Waals surface area contributed by atoms with Gasteiger partial charge in [0, 0.05) is 0 Å². The van der Waals surface area contributed by atoms with Crippen LogP contribution in [0.1, 0.15) is 31.2 Å². The molecule has 0 bridgehead atoms. The van der Waals surface area contributed by atoms with E-state index in [1.807, 2.05) is 30.3 Å². The van der Waals surface area contributed by atoms with Gasteiger partial charge in [0.25, 0.3) is 0 Å². The average Bonchev–Trinajstić information content (AvgIpc) is 2.81. The Morgan fingerprint density at radius 1 is 1.25 bits per heavy atom. The van der Waals surface area contributed by atoms with E-state index in [9.17, 15) is 4.79 Å². The summed E-state index contributed by atoms with van der Waals surface area (Å²) in [5, 5.41) is 0. The Labute approximate surface area is 95.9 Å². The standard InChI is InChI=1S/C14H16O2/c1-2-16-13(15)14(10-6-7-11-14)12-8-4-3-5-9-12/h2-5,8-9H,1,6-7,10-11H2. The minimum Gasteiger partial charge on any atom is -0.434 e. The molecule has 1 aromatic carbocycles. The zero-order valence-electron chi connectivity index (χ0n) is 9.32. The monoisotopic (exact) mass is 216 g/mol. The zero-order chi connectivity index (χ0) is 11.4. The normalized spacial score (nSPS) is 18.0. The van der Waals surface area contributed by atoms with Gasteiger partial charge in [-0.15, -0.1) is 0 Å². The van der Waals surface area contributed by atoms with Crippen molar-refractivity contribution in [2.75, 3.05) is 0 Å². The molecule has 2 rings (SSSR count). The van der Waals surface area contributed by atoms with Gasteiger partial charge in [-0.1, -0.05) is 49.8 Å². The van der Waals surface area contributed by atoms with Gasteiger partial charge in [-0.25, -0.2) is 0 Å². The van der Waals surface area contributed by atoms with Crippen molar-refractivity contribution < 1.29 is 9.53 Å². The van der Waals surface area contributed by atoms with Crippen LogP contribution in [0.3, 0.4) is 0 Å². The highest BCUT2D eigenvalue weighted by Gasteiger charge is 2.43. The van der Waals surface area contributed by atoms with Crippen LogP contribution < -0.4 is 0 Å². The van der Waals surface area contributed by atoms with E-state index < -0.39 is 5.41 Å². The Kier molecular flexibility index (Phi) is 3.09. The Morgan fingerprint density at radius 2 is 1.88 bits per heavy atom. The minimum atomic E-state index is -0.435. The smallest absolute Gasteiger partial charge is 0.321 e. The molecule has 0 saturated heterocycles. The molecule has 0 heterocycles. The van der Waals surface area contributed by atoms with E-state index in [-0.39, 0.29) is 5.97 Å². The van der Waals surface area contributed by atoms with Gasteiger partial charge in [0.15, 0.2) is 0 Å². The number of ether oxygens (including phenoxy) is 1. The fraction of sp³-hybridized carbons (Fsp3) is 0.357. The fourth-order valence-electron chi connectivity index (χ4n) is 2.53. The van der Waals surface area contributed by atoms with E-state index in [4.69, 9.17) is 4.74 Å². The third kappa shape index (κ3) is 1.75. The predicted molar refractivity (Wildman–Crippen MR) is 62.9 cm³/mol. The van der Waals surface area contributed by atoms with E-state index in [2.05, 4.69) is 6.58 Å². The molecule has 1 aliphatic carbocycles. The van der Waals surface area contributed by atoms with Crippen molar-refractivity contribution in [2.24, 2.45) is 0 Å². The van der Waals surface area contributed by atoms with Crippen molar-refractivity contribution in [3.63, 3.8) is 0 Å². The molecule has 1 saturated carbocycles. The Hall–Kier alpha value is -1.57. The molecule has 0 radical (unpaired) electrons. The summed E-state index contributed by atoms with van der Waals surface area (Å²) in [6, 6.07) is 9.92. The summed E-state index contributed by atoms with van der Waals surface area (Å²) in [6.45, 7) is 3.45. The van der Waals surface area contributed by atoms with Crippen LogP contribution >= 0.6 is 0 Å². The Morgan fingerprint density at radius 3 is 2.44 bits per heavy atom. The summed E-state index contributed by atoms with van der Waals surface area (Å²) in [6.07, 6.45) is 5.15. The third-order valence-electron chi connectivity index (χ3n) is 3.36. The maximum absolute atomic E-state index is 12.1. The van der Waals surface area contributed by atoms with E-state index in [0.717, 1.165) is 31.2 Å². The van der Waals surface area contributed by atoms with Crippen LogP contribution in [0.5, 0.6) is 0 Å². The van der Waals surface area contributed by atoms with Crippen LogP contribution in [-0.4, -0.2) is 5.97 Å². The lowest BCUT2D eigenvalue weighted by molar-refractivity contribution is -0.144. The molecule has 0 aliphatic heterocycles. The number of hydrogen-bond acceptors (Lipinski definition) is 2. The number of benzene rings is 1. The van der Waals surface area contributed by atoms with Crippen LogP contribution in [0, 0.1) is 0 Å². The molecule has 16 heavy (non-hydrogen) atoms. The molecule has 0 N–H and O–H groups in total. The van der Waals surface area contributed by atoms with Gasteiger partial charge in [-0.05, 0) is 18.4 Å². The first-order valence-electron chi connectivity index (χ1n) is 5.67. The van der Waals surface area contributed by atoms with E-state index >= 15 is 0 Å². The van der Waals surface area contributed by atoms with Crippen LogP contribution in [-0.2, 0) is 14.9 Å². The molecule has 1 aromatic rings. The van der Waals surface area contributed by atoms with Gasteiger partial charge in [0.2, 0.25) is 0 Å². The highest BCUT2D eigenvalue weighted by atomic mass is 16.5. The van der Waals surface area contributed by atoms with Crippen molar-refractivity contribution in [3.8, 4) is 0 Å². The molecule has 0 atom stereocenters. The zero-order valence-corrected chi connectivity index (χ0v) is 9.32. The van der Waals surface area contributed by atoms with Gasteiger partial charge >= 0.3 is 5.97 Å². The first-order chi connectivity index (χ1) is 7.79. The molecular formula is C14H16O2. The van der Waals surface area contributed by atoms with Crippen LogP contribution in [0.4, 0.5) is 0 Å². The molecular weight excluding hydrogens is 200 g/mol. The van der Waals surface area contributed by atoms with Crippen molar-refractivity contribution in [3.05, 3.63) is 48.7 Å².